The number of carbonyl (C=O) groups is 1. The van der Waals surface area contributed by atoms with E-state index in [-0.39, 0.29) is 16.7 Å². The van der Waals surface area contributed by atoms with Crippen LogP contribution in [0.4, 0.5) is 11.5 Å². The quantitative estimate of drug-likeness (QED) is 0.833. The maximum Gasteiger partial charge on any atom is 0.259 e. The number of anilines is 2. The fourth-order valence-electron chi connectivity index (χ4n) is 2.60. The van der Waals surface area contributed by atoms with Gasteiger partial charge in [-0.3, -0.25) is 4.79 Å². The summed E-state index contributed by atoms with van der Waals surface area (Å²) in [7, 11) is 0. The third-order valence-corrected chi connectivity index (χ3v) is 5.37. The van der Waals surface area contributed by atoms with Gasteiger partial charge in [-0.15, -0.1) is 0 Å². The number of nitrogens with zero attached hydrogens (tertiary/aromatic N) is 1. The normalized spacial score (nSPS) is 19.0. The average molecular weight is 355 g/mol. The molecule has 2 aromatic rings. The van der Waals surface area contributed by atoms with Crippen LogP contribution >= 0.6 is 11.8 Å². The molecule has 25 heavy (non-hydrogen) atoms. The van der Waals surface area contributed by atoms with Crippen LogP contribution in [0.15, 0.2) is 47.9 Å². The molecule has 1 aliphatic heterocycles. The first-order valence-electron chi connectivity index (χ1n) is 8.18. The predicted octanol–water partition coefficient (Wildman–Crippen LogP) is 4.36. The van der Waals surface area contributed by atoms with Crippen molar-refractivity contribution < 1.29 is 9.53 Å². The van der Waals surface area contributed by atoms with E-state index >= 15 is 0 Å². The Morgan fingerprint density at radius 2 is 2.08 bits per heavy atom. The lowest BCUT2D eigenvalue weighted by Gasteiger charge is -2.28. The van der Waals surface area contributed by atoms with Gasteiger partial charge in [-0.1, -0.05) is 24.8 Å². The van der Waals surface area contributed by atoms with Crippen molar-refractivity contribution in [3.8, 4) is 5.75 Å². The summed E-state index contributed by atoms with van der Waals surface area (Å²) >= 11 is 1.71. The molecule has 0 saturated heterocycles. The molecule has 1 amide bonds. The molecule has 130 valence electrons. The number of hydrogen-bond donors (Lipinski definition) is 2. The van der Waals surface area contributed by atoms with Crippen molar-refractivity contribution in [2.45, 2.75) is 31.6 Å². The van der Waals surface area contributed by atoms with Crippen LogP contribution in [-0.4, -0.2) is 15.8 Å². The molecule has 6 heteroatoms. The number of ether oxygens (including phenoxy) is 1. The molecule has 0 radical (unpaired) electrons. The Balaban J connectivity index is 1.67. The maximum atomic E-state index is 12.3. The van der Waals surface area contributed by atoms with Crippen molar-refractivity contribution in [3.05, 3.63) is 59.1 Å². The number of aryl methyl sites for hydroxylation is 1. The fourth-order valence-corrected chi connectivity index (χ4v) is 3.55. The van der Waals surface area contributed by atoms with Crippen LogP contribution in [0.5, 0.6) is 5.75 Å². The number of hydrogen-bond acceptors (Lipinski definition) is 5. The van der Waals surface area contributed by atoms with Crippen molar-refractivity contribution >= 4 is 29.2 Å². The monoisotopic (exact) mass is 355 g/mol. The Kier molecular flexibility index (Phi) is 4.99. The number of nitrogens with one attached hydrogen (secondary N) is 1. The molecular weight excluding hydrogens is 334 g/mol. The van der Waals surface area contributed by atoms with Crippen LogP contribution in [0.25, 0.3) is 0 Å². The Morgan fingerprint density at radius 3 is 2.68 bits per heavy atom. The highest BCUT2D eigenvalue weighted by Gasteiger charge is 2.32. The Hall–Kier alpha value is -2.47. The molecule has 0 saturated carbocycles. The van der Waals surface area contributed by atoms with E-state index < -0.39 is 0 Å². The molecule has 5 nitrogen and oxygen atoms in total. The minimum absolute atomic E-state index is 0.215. The first-order chi connectivity index (χ1) is 12.0. The minimum atomic E-state index is -0.278. The van der Waals surface area contributed by atoms with Crippen molar-refractivity contribution in [1.82, 2.24) is 4.98 Å². The lowest BCUT2D eigenvalue weighted by atomic mass is 10.2. The van der Waals surface area contributed by atoms with Gasteiger partial charge in [0, 0.05) is 17.8 Å². The van der Waals surface area contributed by atoms with E-state index in [1.165, 1.54) is 0 Å². The number of nitrogens with two attached hydrogens (primary N) is 1. The summed E-state index contributed by atoms with van der Waals surface area (Å²) in [6.45, 7) is 3.95. The van der Waals surface area contributed by atoms with Gasteiger partial charge < -0.3 is 15.8 Å². The highest BCUT2D eigenvalue weighted by Crippen LogP contribution is 2.41. The van der Waals surface area contributed by atoms with E-state index in [0.29, 0.717) is 11.3 Å². The van der Waals surface area contributed by atoms with Gasteiger partial charge in [0.15, 0.2) is 4.93 Å². The van der Waals surface area contributed by atoms with Crippen molar-refractivity contribution in [1.29, 1.82) is 0 Å². The molecule has 1 unspecified atom stereocenters. The van der Waals surface area contributed by atoms with E-state index in [1.807, 2.05) is 31.2 Å². The molecule has 3 N–H and O–H groups in total. The topological polar surface area (TPSA) is 77.2 Å². The van der Waals surface area contributed by atoms with Gasteiger partial charge in [-0.25, -0.2) is 4.98 Å². The van der Waals surface area contributed by atoms with Crippen molar-refractivity contribution in [3.63, 3.8) is 0 Å². The highest BCUT2D eigenvalue weighted by atomic mass is 32.2. The Morgan fingerprint density at radius 1 is 1.32 bits per heavy atom. The highest BCUT2D eigenvalue weighted by molar-refractivity contribution is 8.03. The van der Waals surface area contributed by atoms with E-state index in [9.17, 15) is 4.79 Å². The summed E-state index contributed by atoms with van der Waals surface area (Å²) in [5, 5.41) is 4.91. The first-order valence-corrected chi connectivity index (χ1v) is 9.06. The second-order valence-electron chi connectivity index (χ2n) is 5.92. The third kappa shape index (κ3) is 3.96. The van der Waals surface area contributed by atoms with E-state index in [1.54, 1.807) is 23.9 Å². The largest absolute Gasteiger partial charge is 0.476 e. The zero-order valence-corrected chi connectivity index (χ0v) is 15.1. The number of nitrogen functional groups attached to an aromatic ring is 1. The standard InChI is InChI=1S/C19H21N3O2S/c1-3-19(11-4-12-25-19)24-15-8-6-14(7-9-15)22-18(23)16-10-5-13(2)21-17(16)20/h4-10,12H,3,11H2,1-2H3,(H2,20,21)(H,22,23). The van der Waals surface area contributed by atoms with Gasteiger partial charge in [-0.2, -0.15) is 0 Å². The van der Waals surface area contributed by atoms with Gasteiger partial charge in [0.05, 0.1) is 5.56 Å². The van der Waals surface area contributed by atoms with Crippen LogP contribution in [0.3, 0.4) is 0 Å². The van der Waals surface area contributed by atoms with Gasteiger partial charge in [0.25, 0.3) is 5.91 Å². The van der Waals surface area contributed by atoms with Crippen molar-refractivity contribution in [2.75, 3.05) is 11.1 Å². The number of amides is 1. The Bertz CT molecular complexity index is 795. The second-order valence-corrected chi connectivity index (χ2v) is 7.18. The van der Waals surface area contributed by atoms with Crippen LogP contribution < -0.4 is 15.8 Å². The molecular formula is C19H21N3O2S. The molecule has 0 aliphatic carbocycles. The molecule has 1 atom stereocenters. The van der Waals surface area contributed by atoms with Crippen molar-refractivity contribution in [2.24, 2.45) is 0 Å². The van der Waals surface area contributed by atoms with Crippen LogP contribution in [-0.2, 0) is 0 Å². The van der Waals surface area contributed by atoms with E-state index in [0.717, 1.165) is 24.3 Å². The molecule has 0 spiro atoms. The summed E-state index contributed by atoms with van der Waals surface area (Å²) in [4.78, 5) is 16.2. The molecule has 3 rings (SSSR count). The SMILES string of the molecule is CCC1(Oc2ccc(NC(=O)c3ccc(C)nc3N)cc2)CC=CS1. The number of rotatable bonds is 5. The zero-order chi connectivity index (χ0) is 17.9. The summed E-state index contributed by atoms with van der Waals surface area (Å²) in [6.07, 6.45) is 3.94. The minimum Gasteiger partial charge on any atom is -0.476 e. The number of benzene rings is 1. The van der Waals surface area contributed by atoms with E-state index in [2.05, 4.69) is 28.7 Å². The summed E-state index contributed by atoms with van der Waals surface area (Å²) < 4.78 is 6.15. The molecule has 0 fully saturated rings. The van der Waals surface area contributed by atoms with Crippen LogP contribution in [0.1, 0.15) is 35.8 Å². The fraction of sp³-hybridized carbons (Fsp3) is 0.263. The lowest BCUT2D eigenvalue weighted by molar-refractivity contribution is 0.102. The molecule has 1 aromatic carbocycles. The maximum absolute atomic E-state index is 12.3. The first kappa shape index (κ1) is 17.4. The van der Waals surface area contributed by atoms with Gasteiger partial charge in [-0.05, 0) is 55.2 Å². The smallest absolute Gasteiger partial charge is 0.259 e. The second kappa shape index (κ2) is 7.19. The molecule has 0 bridgehead atoms. The van der Waals surface area contributed by atoms with Crippen LogP contribution in [0, 0.1) is 6.92 Å². The number of thioether (sulfide) groups is 1. The third-order valence-electron chi connectivity index (χ3n) is 4.07. The summed E-state index contributed by atoms with van der Waals surface area (Å²) in [5.74, 6) is 0.736. The number of pyridine rings is 1. The molecule has 1 aromatic heterocycles. The van der Waals surface area contributed by atoms with Gasteiger partial charge in [0.1, 0.15) is 11.6 Å². The van der Waals surface area contributed by atoms with E-state index in [4.69, 9.17) is 10.5 Å². The molecule has 1 aliphatic rings. The predicted molar refractivity (Wildman–Crippen MR) is 103 cm³/mol. The number of carbonyl (C=O) groups excluding carboxylic acids is 1. The lowest BCUT2D eigenvalue weighted by Crippen LogP contribution is -2.28. The molecule has 2 heterocycles. The van der Waals surface area contributed by atoms with Gasteiger partial charge in [0.2, 0.25) is 0 Å². The van der Waals surface area contributed by atoms with Crippen LogP contribution in [0.2, 0.25) is 0 Å². The number of aromatic nitrogens is 1. The summed E-state index contributed by atoms with van der Waals surface area (Å²) in [5.41, 5.74) is 7.64. The average Bonchev–Trinajstić information content (AvgIpc) is 3.05. The van der Waals surface area contributed by atoms with Gasteiger partial charge >= 0.3 is 0 Å². The summed E-state index contributed by atoms with van der Waals surface area (Å²) in [6, 6.07) is 10.8. The Labute approximate surface area is 151 Å². The zero-order valence-electron chi connectivity index (χ0n) is 14.3.